The average Bonchev–Trinajstić information content (AvgIpc) is 2.99. The van der Waals surface area contributed by atoms with Crippen LogP contribution >= 0.6 is 0 Å². The zero-order valence-corrected chi connectivity index (χ0v) is 14.5. The molecular formula is C18H27N3O3. The quantitative estimate of drug-likeness (QED) is 0.660. The number of amides is 2. The van der Waals surface area contributed by atoms with E-state index < -0.39 is 0 Å². The van der Waals surface area contributed by atoms with Crippen molar-refractivity contribution >= 4 is 17.5 Å². The number of rotatable bonds is 9. The standard InChI is InChI=1S/C18H27N3O3/c1-3-14-6-4-5-7-16(14)21-13-15(12-17(21)22)18(23)20-9-8-19-10-11-24-2/h4-7,15,19H,3,8-13H2,1-2H3,(H,20,23). The summed E-state index contributed by atoms with van der Waals surface area (Å²) >= 11 is 0. The zero-order valence-electron chi connectivity index (χ0n) is 14.5. The van der Waals surface area contributed by atoms with E-state index in [9.17, 15) is 9.59 Å². The molecule has 24 heavy (non-hydrogen) atoms. The number of benzene rings is 1. The van der Waals surface area contributed by atoms with Crippen LogP contribution in [0.15, 0.2) is 24.3 Å². The maximum Gasteiger partial charge on any atom is 0.227 e. The normalized spacial score (nSPS) is 17.3. The fraction of sp³-hybridized carbons (Fsp3) is 0.556. The van der Waals surface area contributed by atoms with E-state index in [0.717, 1.165) is 24.2 Å². The summed E-state index contributed by atoms with van der Waals surface area (Å²) in [6, 6.07) is 7.89. The largest absolute Gasteiger partial charge is 0.383 e. The van der Waals surface area contributed by atoms with Gasteiger partial charge in [-0.15, -0.1) is 0 Å². The monoisotopic (exact) mass is 333 g/mol. The molecule has 0 saturated carbocycles. The summed E-state index contributed by atoms with van der Waals surface area (Å²) in [6.45, 7) is 5.18. The molecule has 0 radical (unpaired) electrons. The molecule has 1 unspecified atom stereocenters. The number of hydrogen-bond donors (Lipinski definition) is 2. The average molecular weight is 333 g/mol. The Hall–Kier alpha value is -1.92. The van der Waals surface area contributed by atoms with Crippen LogP contribution in [0.3, 0.4) is 0 Å². The molecule has 0 aromatic heterocycles. The lowest BCUT2D eigenvalue weighted by molar-refractivity contribution is -0.126. The van der Waals surface area contributed by atoms with Gasteiger partial charge in [0.15, 0.2) is 0 Å². The lowest BCUT2D eigenvalue weighted by atomic mass is 10.1. The van der Waals surface area contributed by atoms with Crippen LogP contribution in [0.2, 0.25) is 0 Å². The molecule has 6 nitrogen and oxygen atoms in total. The molecule has 132 valence electrons. The molecule has 2 N–H and O–H groups in total. The summed E-state index contributed by atoms with van der Waals surface area (Å²) in [7, 11) is 1.66. The molecule has 2 rings (SSSR count). The smallest absolute Gasteiger partial charge is 0.227 e. The maximum atomic E-state index is 12.3. The Morgan fingerprint density at radius 3 is 2.83 bits per heavy atom. The molecule has 0 spiro atoms. The molecule has 1 atom stereocenters. The molecule has 1 aliphatic heterocycles. The van der Waals surface area contributed by atoms with Crippen LogP contribution in [0.25, 0.3) is 0 Å². The molecule has 1 aromatic rings. The van der Waals surface area contributed by atoms with E-state index in [1.807, 2.05) is 24.3 Å². The van der Waals surface area contributed by atoms with Gasteiger partial charge in [0, 0.05) is 45.4 Å². The van der Waals surface area contributed by atoms with Crippen LogP contribution in [-0.2, 0) is 20.7 Å². The lowest BCUT2D eigenvalue weighted by Gasteiger charge is -2.20. The van der Waals surface area contributed by atoms with Gasteiger partial charge in [-0.3, -0.25) is 9.59 Å². The van der Waals surface area contributed by atoms with Gasteiger partial charge in [0.25, 0.3) is 0 Å². The third kappa shape index (κ3) is 4.79. The van der Waals surface area contributed by atoms with Crippen molar-refractivity contribution in [2.45, 2.75) is 19.8 Å². The first-order valence-corrected chi connectivity index (χ1v) is 8.53. The molecule has 0 bridgehead atoms. The third-order valence-corrected chi connectivity index (χ3v) is 4.24. The van der Waals surface area contributed by atoms with E-state index in [1.165, 1.54) is 0 Å². The van der Waals surface area contributed by atoms with Gasteiger partial charge in [-0.05, 0) is 18.1 Å². The number of carbonyl (C=O) groups excluding carboxylic acids is 2. The third-order valence-electron chi connectivity index (χ3n) is 4.24. The van der Waals surface area contributed by atoms with Crippen LogP contribution in [-0.4, -0.2) is 51.7 Å². The van der Waals surface area contributed by atoms with Gasteiger partial charge in [-0.1, -0.05) is 25.1 Å². The first-order chi connectivity index (χ1) is 11.7. The zero-order chi connectivity index (χ0) is 17.4. The Kier molecular flexibility index (Phi) is 7.21. The molecule has 1 saturated heterocycles. The van der Waals surface area contributed by atoms with E-state index in [2.05, 4.69) is 17.6 Å². The molecule has 0 aliphatic carbocycles. The van der Waals surface area contributed by atoms with Crippen molar-refractivity contribution in [3.05, 3.63) is 29.8 Å². The molecule has 1 heterocycles. The van der Waals surface area contributed by atoms with Gasteiger partial charge in [0.2, 0.25) is 11.8 Å². The highest BCUT2D eigenvalue weighted by molar-refractivity contribution is 6.00. The maximum absolute atomic E-state index is 12.3. The molecule has 1 aromatic carbocycles. The minimum atomic E-state index is -0.276. The van der Waals surface area contributed by atoms with Crippen molar-refractivity contribution in [2.24, 2.45) is 5.92 Å². The summed E-state index contributed by atoms with van der Waals surface area (Å²) in [5.41, 5.74) is 2.07. The summed E-state index contributed by atoms with van der Waals surface area (Å²) in [5.74, 6) is -0.302. The van der Waals surface area contributed by atoms with E-state index in [1.54, 1.807) is 12.0 Å². The fourth-order valence-corrected chi connectivity index (χ4v) is 2.91. The summed E-state index contributed by atoms with van der Waals surface area (Å²) in [6.07, 6.45) is 1.14. The number of nitrogens with zero attached hydrogens (tertiary/aromatic N) is 1. The minimum Gasteiger partial charge on any atom is -0.383 e. The molecule has 1 aliphatic rings. The second-order valence-corrected chi connectivity index (χ2v) is 5.92. The molecule has 1 fully saturated rings. The van der Waals surface area contributed by atoms with Gasteiger partial charge < -0.3 is 20.3 Å². The summed E-state index contributed by atoms with van der Waals surface area (Å²) in [5, 5.41) is 6.08. The van der Waals surface area contributed by atoms with Crippen LogP contribution < -0.4 is 15.5 Å². The van der Waals surface area contributed by atoms with Gasteiger partial charge in [0.05, 0.1) is 12.5 Å². The number of methoxy groups -OCH3 is 1. The number of hydrogen-bond acceptors (Lipinski definition) is 4. The summed E-state index contributed by atoms with van der Waals surface area (Å²) in [4.78, 5) is 26.3. The van der Waals surface area contributed by atoms with Crippen LogP contribution in [0.5, 0.6) is 0 Å². The molecular weight excluding hydrogens is 306 g/mol. The van der Waals surface area contributed by atoms with Gasteiger partial charge in [-0.2, -0.15) is 0 Å². The SMILES string of the molecule is CCc1ccccc1N1CC(C(=O)NCCNCCOC)CC1=O. The van der Waals surface area contributed by atoms with E-state index >= 15 is 0 Å². The van der Waals surface area contributed by atoms with Crippen molar-refractivity contribution in [1.82, 2.24) is 10.6 Å². The van der Waals surface area contributed by atoms with Gasteiger partial charge in [-0.25, -0.2) is 0 Å². The highest BCUT2D eigenvalue weighted by Gasteiger charge is 2.35. The van der Waals surface area contributed by atoms with Crippen molar-refractivity contribution in [3.8, 4) is 0 Å². The Bertz CT molecular complexity index is 562. The van der Waals surface area contributed by atoms with Crippen molar-refractivity contribution in [2.75, 3.05) is 44.8 Å². The second kappa shape index (κ2) is 9.39. The predicted molar refractivity (Wildman–Crippen MR) is 94.0 cm³/mol. The van der Waals surface area contributed by atoms with Crippen molar-refractivity contribution in [3.63, 3.8) is 0 Å². The minimum absolute atomic E-state index is 0.0225. The fourth-order valence-electron chi connectivity index (χ4n) is 2.91. The number of aryl methyl sites for hydroxylation is 1. The highest BCUT2D eigenvalue weighted by Crippen LogP contribution is 2.28. The topological polar surface area (TPSA) is 70.7 Å². The van der Waals surface area contributed by atoms with Crippen LogP contribution in [0.4, 0.5) is 5.69 Å². The Balaban J connectivity index is 1.84. The lowest BCUT2D eigenvalue weighted by Crippen LogP contribution is -2.37. The van der Waals surface area contributed by atoms with E-state index in [0.29, 0.717) is 26.2 Å². The number of anilines is 1. The second-order valence-electron chi connectivity index (χ2n) is 5.92. The molecule has 6 heteroatoms. The summed E-state index contributed by atoms with van der Waals surface area (Å²) < 4.78 is 4.94. The van der Waals surface area contributed by atoms with Gasteiger partial charge >= 0.3 is 0 Å². The first-order valence-electron chi connectivity index (χ1n) is 8.53. The van der Waals surface area contributed by atoms with Crippen molar-refractivity contribution < 1.29 is 14.3 Å². The van der Waals surface area contributed by atoms with Gasteiger partial charge in [0.1, 0.15) is 0 Å². The molecule has 2 amide bonds. The number of carbonyl (C=O) groups is 2. The Morgan fingerprint density at radius 2 is 2.08 bits per heavy atom. The van der Waals surface area contributed by atoms with Crippen LogP contribution in [0.1, 0.15) is 18.9 Å². The number of nitrogens with one attached hydrogen (secondary N) is 2. The first kappa shape index (κ1) is 18.4. The Labute approximate surface area is 143 Å². The number of ether oxygens (including phenoxy) is 1. The van der Waals surface area contributed by atoms with Crippen molar-refractivity contribution in [1.29, 1.82) is 0 Å². The number of para-hydroxylation sites is 1. The highest BCUT2D eigenvalue weighted by atomic mass is 16.5. The van der Waals surface area contributed by atoms with E-state index in [4.69, 9.17) is 4.74 Å². The Morgan fingerprint density at radius 1 is 1.29 bits per heavy atom. The van der Waals surface area contributed by atoms with Crippen LogP contribution in [0, 0.1) is 5.92 Å². The predicted octanol–water partition coefficient (Wildman–Crippen LogP) is 0.954. The van der Waals surface area contributed by atoms with E-state index in [-0.39, 0.29) is 24.2 Å².